The van der Waals surface area contributed by atoms with Gasteiger partial charge < -0.3 is 10.4 Å². The maximum absolute atomic E-state index is 13.2. The Morgan fingerprint density at radius 2 is 2.17 bits per heavy atom. The first-order valence-electron chi connectivity index (χ1n) is 9.81. The van der Waals surface area contributed by atoms with Crippen LogP contribution in [0.2, 0.25) is 0 Å². The van der Waals surface area contributed by atoms with Gasteiger partial charge in [0.1, 0.15) is 11.2 Å². The van der Waals surface area contributed by atoms with Gasteiger partial charge in [0, 0.05) is 24.9 Å². The van der Waals surface area contributed by atoms with Crippen molar-refractivity contribution >= 4 is 35.8 Å². The molecule has 1 aliphatic heterocycles. The monoisotopic (exact) mass is 431 g/mol. The number of aromatic nitrogens is 4. The highest BCUT2D eigenvalue weighted by atomic mass is 35.5. The summed E-state index contributed by atoms with van der Waals surface area (Å²) in [5.41, 5.74) is -0.783. The molecule has 0 aromatic carbocycles. The molecule has 0 spiro atoms. The highest BCUT2D eigenvalue weighted by Crippen LogP contribution is 2.54. The molecular formula is C20H26ClN7O2. The van der Waals surface area contributed by atoms with Crippen LogP contribution >= 0.6 is 12.4 Å². The summed E-state index contributed by atoms with van der Waals surface area (Å²) >= 11 is 0. The van der Waals surface area contributed by atoms with Crippen LogP contribution in [0.15, 0.2) is 24.7 Å². The summed E-state index contributed by atoms with van der Waals surface area (Å²) < 4.78 is 1.67. The number of nitrogens with zero attached hydrogens (tertiary/aromatic N) is 6. The lowest BCUT2D eigenvalue weighted by Gasteiger charge is -2.22. The molecule has 1 aliphatic carbocycles. The van der Waals surface area contributed by atoms with Crippen LogP contribution in [0.4, 0.5) is 17.5 Å². The zero-order valence-electron chi connectivity index (χ0n) is 17.2. The average Bonchev–Trinajstić information content (AvgIpc) is 3.38. The van der Waals surface area contributed by atoms with Gasteiger partial charge in [0.2, 0.25) is 11.9 Å². The van der Waals surface area contributed by atoms with Gasteiger partial charge in [0.25, 0.3) is 0 Å². The standard InChI is InChI=1S/C20H25N7O2.ClH/c1-13-9-26(17(29)20(13,11-21)14-4-5-14)16-6-7-22-18(25-16)24-15-8-23-27(10-15)19(2,3)12-28;/h6-8,10,13-14,28H,4-5,9,12H2,1-3H3,(H,22,24,25);1H/t13-,20+;/m0./s1. The number of aliphatic hydroxyl groups is 1. The second-order valence-electron chi connectivity index (χ2n) is 8.58. The van der Waals surface area contributed by atoms with E-state index in [1.807, 2.05) is 20.8 Å². The Bertz CT molecular complexity index is 982. The predicted octanol–water partition coefficient (Wildman–Crippen LogP) is 2.47. The van der Waals surface area contributed by atoms with E-state index >= 15 is 0 Å². The molecular weight excluding hydrogens is 406 g/mol. The molecule has 2 atom stereocenters. The largest absolute Gasteiger partial charge is 0.394 e. The van der Waals surface area contributed by atoms with E-state index < -0.39 is 11.0 Å². The average molecular weight is 432 g/mol. The molecule has 160 valence electrons. The first-order chi connectivity index (χ1) is 13.8. The lowest BCUT2D eigenvalue weighted by Crippen LogP contribution is -2.37. The molecule has 10 heteroatoms. The Morgan fingerprint density at radius 3 is 2.80 bits per heavy atom. The third-order valence-electron chi connectivity index (χ3n) is 6.00. The molecule has 2 aromatic heterocycles. The van der Waals surface area contributed by atoms with E-state index in [-0.39, 0.29) is 36.8 Å². The van der Waals surface area contributed by atoms with E-state index in [0.717, 1.165) is 12.8 Å². The molecule has 1 amide bonds. The number of nitriles is 1. The molecule has 1 saturated heterocycles. The van der Waals surface area contributed by atoms with Crippen molar-refractivity contribution in [3.63, 3.8) is 0 Å². The van der Waals surface area contributed by atoms with Gasteiger partial charge in [-0.1, -0.05) is 6.92 Å². The van der Waals surface area contributed by atoms with E-state index in [9.17, 15) is 15.2 Å². The van der Waals surface area contributed by atoms with E-state index in [0.29, 0.717) is 24.0 Å². The molecule has 2 N–H and O–H groups in total. The molecule has 0 radical (unpaired) electrons. The number of halogens is 1. The van der Waals surface area contributed by atoms with Crippen molar-refractivity contribution < 1.29 is 9.90 Å². The lowest BCUT2D eigenvalue weighted by molar-refractivity contribution is -0.124. The van der Waals surface area contributed by atoms with Crippen LogP contribution in [0, 0.1) is 28.6 Å². The van der Waals surface area contributed by atoms with Crippen molar-refractivity contribution in [2.75, 3.05) is 23.4 Å². The maximum atomic E-state index is 13.2. The summed E-state index contributed by atoms with van der Waals surface area (Å²) in [5, 5.41) is 26.7. The number of nitrogens with one attached hydrogen (secondary N) is 1. The Balaban J connectivity index is 0.00000256. The number of anilines is 3. The lowest BCUT2D eigenvalue weighted by atomic mass is 9.75. The van der Waals surface area contributed by atoms with Crippen LogP contribution in [0.3, 0.4) is 0 Å². The summed E-state index contributed by atoms with van der Waals surface area (Å²) in [5.74, 6) is 0.778. The van der Waals surface area contributed by atoms with Crippen LogP contribution in [0.1, 0.15) is 33.6 Å². The first-order valence-corrected chi connectivity index (χ1v) is 9.81. The normalized spacial score (nSPS) is 23.8. The topological polar surface area (TPSA) is 120 Å². The van der Waals surface area contributed by atoms with Gasteiger partial charge in [-0.15, -0.1) is 12.4 Å². The Labute approximate surface area is 181 Å². The van der Waals surface area contributed by atoms with Gasteiger partial charge in [-0.2, -0.15) is 15.3 Å². The van der Waals surface area contributed by atoms with Gasteiger partial charge in [-0.25, -0.2) is 4.98 Å². The number of hydrogen-bond donors (Lipinski definition) is 2. The SMILES string of the molecule is C[C@H]1CN(c2ccnc(Nc3cnn(C(C)(C)CO)c3)n2)C(=O)[C@@]1(C#N)C1CC1.Cl. The van der Waals surface area contributed by atoms with Crippen LogP contribution in [0.25, 0.3) is 0 Å². The van der Waals surface area contributed by atoms with Gasteiger partial charge in [-0.05, 0) is 38.7 Å². The molecule has 0 unspecified atom stereocenters. The summed E-state index contributed by atoms with van der Waals surface area (Å²) in [6.45, 7) is 6.15. The van der Waals surface area contributed by atoms with Crippen LogP contribution in [0.5, 0.6) is 0 Å². The van der Waals surface area contributed by atoms with E-state index in [1.54, 1.807) is 34.2 Å². The van der Waals surface area contributed by atoms with Gasteiger partial charge >= 0.3 is 0 Å². The van der Waals surface area contributed by atoms with Crippen molar-refractivity contribution in [2.24, 2.45) is 17.3 Å². The van der Waals surface area contributed by atoms with Crippen LogP contribution < -0.4 is 10.2 Å². The van der Waals surface area contributed by atoms with Crippen LogP contribution in [-0.4, -0.2) is 43.9 Å². The van der Waals surface area contributed by atoms with Crippen molar-refractivity contribution in [1.29, 1.82) is 5.26 Å². The quantitative estimate of drug-likeness (QED) is 0.720. The third kappa shape index (κ3) is 3.50. The minimum absolute atomic E-state index is 0. The van der Waals surface area contributed by atoms with Gasteiger partial charge in [0.15, 0.2) is 0 Å². The highest BCUT2D eigenvalue weighted by molar-refractivity contribution is 6.02. The van der Waals surface area contributed by atoms with Gasteiger partial charge in [-0.3, -0.25) is 14.4 Å². The molecule has 0 bridgehead atoms. The Kier molecular flexibility index (Phi) is 5.76. The second-order valence-corrected chi connectivity index (χ2v) is 8.58. The number of carbonyl (C=O) groups is 1. The number of hydrogen-bond acceptors (Lipinski definition) is 7. The molecule has 30 heavy (non-hydrogen) atoms. The number of amides is 1. The van der Waals surface area contributed by atoms with Crippen molar-refractivity contribution in [3.8, 4) is 6.07 Å². The predicted molar refractivity (Wildman–Crippen MR) is 113 cm³/mol. The van der Waals surface area contributed by atoms with Gasteiger partial charge in [0.05, 0.1) is 30.1 Å². The van der Waals surface area contributed by atoms with Crippen LogP contribution in [-0.2, 0) is 10.3 Å². The van der Waals surface area contributed by atoms with E-state index in [4.69, 9.17) is 0 Å². The molecule has 1 saturated carbocycles. The number of carbonyl (C=O) groups excluding carboxylic acids is 1. The molecule has 2 fully saturated rings. The van der Waals surface area contributed by atoms with Crippen molar-refractivity contribution in [1.82, 2.24) is 19.7 Å². The first kappa shape index (κ1) is 22.0. The van der Waals surface area contributed by atoms with Crippen molar-refractivity contribution in [2.45, 2.75) is 39.2 Å². The molecule has 2 aliphatic rings. The highest BCUT2D eigenvalue weighted by Gasteiger charge is 2.61. The summed E-state index contributed by atoms with van der Waals surface area (Å²) in [7, 11) is 0. The van der Waals surface area contributed by atoms with Crippen molar-refractivity contribution in [3.05, 3.63) is 24.7 Å². The van der Waals surface area contributed by atoms with E-state index in [1.165, 1.54) is 0 Å². The number of aliphatic hydroxyl groups excluding tert-OH is 1. The molecule has 4 rings (SSSR count). The Morgan fingerprint density at radius 1 is 1.43 bits per heavy atom. The summed E-state index contributed by atoms with van der Waals surface area (Å²) in [4.78, 5) is 23.5. The fourth-order valence-electron chi connectivity index (χ4n) is 3.98. The second kappa shape index (κ2) is 7.85. The maximum Gasteiger partial charge on any atom is 0.249 e. The zero-order valence-corrected chi connectivity index (χ0v) is 18.1. The smallest absolute Gasteiger partial charge is 0.249 e. The number of rotatable bonds is 6. The summed E-state index contributed by atoms with van der Waals surface area (Å²) in [6.07, 6.45) is 6.85. The molecule has 3 heterocycles. The fraction of sp³-hybridized carbons (Fsp3) is 0.550. The minimum atomic E-state index is -0.935. The van der Waals surface area contributed by atoms with E-state index in [2.05, 4.69) is 26.5 Å². The summed E-state index contributed by atoms with van der Waals surface area (Å²) in [6, 6.07) is 4.02. The third-order valence-corrected chi connectivity index (χ3v) is 6.00. The fourth-order valence-corrected chi connectivity index (χ4v) is 3.98. The molecule has 2 aromatic rings. The zero-order chi connectivity index (χ0) is 20.8. The Hall–Kier alpha value is -2.70. The molecule has 9 nitrogen and oxygen atoms in total. The minimum Gasteiger partial charge on any atom is -0.394 e.